The molecule has 2 saturated heterocycles. The number of amides is 5. The maximum absolute atomic E-state index is 12.7. The largest absolute Gasteiger partial charge is 0.455 e. The number of hydrogen-bond acceptors (Lipinski definition) is 7. The zero-order chi connectivity index (χ0) is 23.4. The second-order valence-electron chi connectivity index (χ2n) is 7.84. The minimum Gasteiger partial charge on any atom is -0.455 e. The van der Waals surface area contributed by atoms with E-state index in [4.69, 9.17) is 9.47 Å². The fraction of sp³-hybridized carbons (Fsp3) is 0.409. The fourth-order valence-corrected chi connectivity index (χ4v) is 3.83. The highest BCUT2D eigenvalue weighted by Crippen LogP contribution is 2.27. The van der Waals surface area contributed by atoms with Crippen LogP contribution in [0.5, 0.6) is 11.5 Å². The number of imide groups is 1. The van der Waals surface area contributed by atoms with Crippen molar-refractivity contribution in [1.82, 2.24) is 19.8 Å². The van der Waals surface area contributed by atoms with Crippen LogP contribution in [0, 0.1) is 6.92 Å². The predicted octanol–water partition coefficient (Wildman–Crippen LogP) is 2.98. The van der Waals surface area contributed by atoms with Crippen LogP contribution in [0.25, 0.3) is 0 Å². The average Bonchev–Trinajstić information content (AvgIpc) is 3.17. The van der Waals surface area contributed by atoms with Crippen molar-refractivity contribution in [2.24, 2.45) is 0 Å². The summed E-state index contributed by atoms with van der Waals surface area (Å²) in [5.74, 6) is 1.42. The van der Waals surface area contributed by atoms with Crippen molar-refractivity contribution in [1.29, 1.82) is 0 Å². The molecule has 2 aromatic rings. The van der Waals surface area contributed by atoms with Gasteiger partial charge in [-0.1, -0.05) is 0 Å². The molecular weight excluding hydrogens is 428 g/mol. The van der Waals surface area contributed by atoms with Crippen LogP contribution in [-0.2, 0) is 9.53 Å². The van der Waals surface area contributed by atoms with Crippen LogP contribution >= 0.6 is 0 Å². The third kappa shape index (κ3) is 5.37. The van der Waals surface area contributed by atoms with Gasteiger partial charge in [-0.2, -0.15) is 0 Å². The summed E-state index contributed by atoms with van der Waals surface area (Å²) in [6, 6.07) is 5.85. The lowest BCUT2D eigenvalue weighted by molar-refractivity contribution is -0.114. The van der Waals surface area contributed by atoms with Crippen molar-refractivity contribution in [3.8, 4) is 11.5 Å². The van der Waals surface area contributed by atoms with Gasteiger partial charge in [-0.15, -0.1) is 0 Å². The van der Waals surface area contributed by atoms with Crippen molar-refractivity contribution < 1.29 is 23.9 Å². The van der Waals surface area contributed by atoms with Gasteiger partial charge in [0.15, 0.2) is 0 Å². The summed E-state index contributed by atoms with van der Waals surface area (Å²) < 4.78 is 11.2. The lowest BCUT2D eigenvalue weighted by Gasteiger charge is -2.30. The zero-order valence-electron chi connectivity index (χ0n) is 18.5. The van der Waals surface area contributed by atoms with E-state index in [9.17, 15) is 14.4 Å². The van der Waals surface area contributed by atoms with Gasteiger partial charge in [-0.05, 0) is 38.0 Å². The molecule has 2 aliphatic rings. The lowest BCUT2D eigenvalue weighted by atomic mass is 10.1. The third-order valence-corrected chi connectivity index (χ3v) is 5.45. The molecule has 2 fully saturated rings. The number of nitrogens with one attached hydrogen (secondary N) is 2. The molecule has 5 amide bonds. The number of carbonyl (C=O) groups is 3. The van der Waals surface area contributed by atoms with Crippen molar-refractivity contribution in [2.45, 2.75) is 32.7 Å². The predicted molar refractivity (Wildman–Crippen MR) is 119 cm³/mol. The first-order valence-electron chi connectivity index (χ1n) is 10.8. The SMILES string of the molecule is CC(=O)Nc1cc(Oc2ccc(NC(=O)N3CCN(C4CCOCC4)C3=O)nc2C)ccn1. The molecule has 0 radical (unpaired) electrons. The van der Waals surface area contributed by atoms with E-state index in [2.05, 4.69) is 20.6 Å². The minimum atomic E-state index is -0.510. The molecule has 0 spiro atoms. The standard InChI is InChI=1S/C22H26N6O5/c1-14-18(33-17-5-8-23-20(13-17)25-15(2)29)3-4-19(24-14)26-21(30)28-10-9-27(22(28)31)16-6-11-32-12-7-16/h3-5,8,13,16H,6-7,9-12H2,1-2H3,(H,23,25,29)(H,24,26,30). The number of aromatic nitrogens is 2. The third-order valence-electron chi connectivity index (χ3n) is 5.45. The molecule has 11 nitrogen and oxygen atoms in total. The Labute approximate surface area is 191 Å². The number of pyridine rings is 2. The van der Waals surface area contributed by atoms with E-state index in [0.717, 1.165) is 12.8 Å². The van der Waals surface area contributed by atoms with E-state index in [0.29, 0.717) is 55.1 Å². The number of hydrogen-bond donors (Lipinski definition) is 2. The van der Waals surface area contributed by atoms with E-state index >= 15 is 0 Å². The zero-order valence-corrected chi connectivity index (χ0v) is 18.5. The Bertz CT molecular complexity index is 1060. The highest BCUT2D eigenvalue weighted by atomic mass is 16.5. The van der Waals surface area contributed by atoms with Crippen LogP contribution in [0.15, 0.2) is 30.5 Å². The molecule has 0 aliphatic carbocycles. The molecule has 2 aliphatic heterocycles. The van der Waals surface area contributed by atoms with Crippen LogP contribution < -0.4 is 15.4 Å². The Balaban J connectivity index is 1.38. The molecule has 174 valence electrons. The Morgan fingerprint density at radius 3 is 2.64 bits per heavy atom. The van der Waals surface area contributed by atoms with Gasteiger partial charge in [-0.25, -0.2) is 24.5 Å². The van der Waals surface area contributed by atoms with Gasteiger partial charge < -0.3 is 19.7 Å². The smallest absolute Gasteiger partial charge is 0.331 e. The van der Waals surface area contributed by atoms with E-state index in [1.54, 1.807) is 36.1 Å². The summed E-state index contributed by atoms with van der Waals surface area (Å²) >= 11 is 0. The fourth-order valence-electron chi connectivity index (χ4n) is 3.83. The van der Waals surface area contributed by atoms with E-state index in [1.165, 1.54) is 18.0 Å². The lowest BCUT2D eigenvalue weighted by Crippen LogP contribution is -2.44. The first kappa shape index (κ1) is 22.5. The Morgan fingerprint density at radius 1 is 1.12 bits per heavy atom. The molecule has 11 heteroatoms. The molecule has 0 atom stereocenters. The molecule has 33 heavy (non-hydrogen) atoms. The highest BCUT2D eigenvalue weighted by Gasteiger charge is 2.37. The van der Waals surface area contributed by atoms with E-state index in [1.807, 2.05) is 0 Å². The van der Waals surface area contributed by atoms with Crippen molar-refractivity contribution >= 4 is 29.6 Å². The van der Waals surface area contributed by atoms with Gasteiger partial charge in [0.05, 0.1) is 5.69 Å². The van der Waals surface area contributed by atoms with Gasteiger partial charge in [0.25, 0.3) is 0 Å². The second-order valence-corrected chi connectivity index (χ2v) is 7.84. The molecule has 2 N–H and O–H groups in total. The molecule has 2 aromatic heterocycles. The number of anilines is 2. The molecule has 0 unspecified atom stereocenters. The van der Waals surface area contributed by atoms with Gasteiger partial charge >= 0.3 is 12.1 Å². The summed E-state index contributed by atoms with van der Waals surface area (Å²) in [6.45, 7) is 5.26. The van der Waals surface area contributed by atoms with Crippen molar-refractivity contribution in [2.75, 3.05) is 36.9 Å². The number of carbonyl (C=O) groups excluding carboxylic acids is 3. The number of aryl methyl sites for hydroxylation is 1. The van der Waals surface area contributed by atoms with Crippen LogP contribution in [0.3, 0.4) is 0 Å². The highest BCUT2D eigenvalue weighted by molar-refractivity contribution is 6.01. The van der Waals surface area contributed by atoms with Crippen LogP contribution in [0.1, 0.15) is 25.5 Å². The summed E-state index contributed by atoms with van der Waals surface area (Å²) in [5, 5.41) is 5.29. The number of rotatable bonds is 5. The molecule has 0 saturated carbocycles. The molecule has 0 bridgehead atoms. The monoisotopic (exact) mass is 454 g/mol. The topological polar surface area (TPSA) is 126 Å². The molecular formula is C22H26N6O5. The van der Waals surface area contributed by atoms with E-state index < -0.39 is 6.03 Å². The number of nitrogens with zero attached hydrogens (tertiary/aromatic N) is 4. The van der Waals surface area contributed by atoms with Gasteiger partial charge in [0, 0.05) is 51.5 Å². The molecule has 4 rings (SSSR count). The van der Waals surface area contributed by atoms with Gasteiger partial charge in [-0.3, -0.25) is 10.1 Å². The van der Waals surface area contributed by atoms with E-state index in [-0.39, 0.29) is 18.0 Å². The minimum absolute atomic E-state index is 0.111. The number of ether oxygens (including phenoxy) is 2. The van der Waals surface area contributed by atoms with Crippen LogP contribution in [0.2, 0.25) is 0 Å². The maximum atomic E-state index is 12.7. The molecule has 4 heterocycles. The summed E-state index contributed by atoms with van der Waals surface area (Å²) in [4.78, 5) is 48.0. The summed E-state index contributed by atoms with van der Waals surface area (Å²) in [7, 11) is 0. The Kier molecular flexibility index (Phi) is 6.68. The number of urea groups is 2. The first-order chi connectivity index (χ1) is 15.9. The van der Waals surface area contributed by atoms with Crippen molar-refractivity contribution in [3.05, 3.63) is 36.2 Å². The maximum Gasteiger partial charge on any atom is 0.331 e. The van der Waals surface area contributed by atoms with Crippen LogP contribution in [-0.4, -0.2) is 70.1 Å². The Hall–Kier alpha value is -3.73. The van der Waals surface area contributed by atoms with Crippen LogP contribution in [0.4, 0.5) is 21.2 Å². The average molecular weight is 454 g/mol. The first-order valence-corrected chi connectivity index (χ1v) is 10.8. The summed E-state index contributed by atoms with van der Waals surface area (Å²) in [5.41, 5.74) is 0.544. The van der Waals surface area contributed by atoms with Gasteiger partial charge in [0.1, 0.15) is 23.1 Å². The van der Waals surface area contributed by atoms with Crippen molar-refractivity contribution in [3.63, 3.8) is 0 Å². The quantitative estimate of drug-likeness (QED) is 0.711. The second kappa shape index (κ2) is 9.82. The Morgan fingerprint density at radius 2 is 1.91 bits per heavy atom. The summed E-state index contributed by atoms with van der Waals surface area (Å²) in [6.07, 6.45) is 3.09. The normalized spacial score (nSPS) is 16.6. The van der Waals surface area contributed by atoms with Gasteiger partial charge in [0.2, 0.25) is 5.91 Å². The molecule has 0 aromatic carbocycles.